The highest BCUT2D eigenvalue weighted by atomic mass is 35.5. The van der Waals surface area contributed by atoms with Crippen molar-refractivity contribution in [1.29, 1.82) is 0 Å². The van der Waals surface area contributed by atoms with Gasteiger partial charge in [-0.3, -0.25) is 5.84 Å². The number of nitroso groups, excluding NO2 is 1. The molecular weight excluding hydrogens is 544 g/mol. The predicted octanol–water partition coefficient (Wildman–Crippen LogP) is 4.88. The van der Waals surface area contributed by atoms with Crippen LogP contribution in [0.5, 0.6) is 0 Å². The largest absolute Gasteiger partial charge is 0.416 e. The van der Waals surface area contributed by atoms with Crippen LogP contribution in [0.1, 0.15) is 45.1 Å². The summed E-state index contributed by atoms with van der Waals surface area (Å²) in [6.45, 7) is 5.89. The van der Waals surface area contributed by atoms with Crippen molar-refractivity contribution in [3.8, 4) is 0 Å². The van der Waals surface area contributed by atoms with Gasteiger partial charge in [-0.15, -0.1) is 4.91 Å². The first-order valence-corrected chi connectivity index (χ1v) is 12.7. The SMILES string of the molecule is CC.CN(CCCC(C=O)Nc1cc(Cl)cc(C(F)(F)F)c1)C1CCCN(c2ncnc(N)c2F)C1.NN=O. The number of aldehydes is 1. The molecule has 2 aromatic rings. The molecule has 5 N–H and O–H groups in total. The van der Waals surface area contributed by atoms with Gasteiger partial charge in [-0.1, -0.05) is 25.4 Å². The zero-order valence-corrected chi connectivity index (χ0v) is 22.8. The summed E-state index contributed by atoms with van der Waals surface area (Å²) < 4.78 is 53.4. The van der Waals surface area contributed by atoms with Crippen LogP contribution in [-0.2, 0) is 11.0 Å². The highest BCUT2D eigenvalue weighted by Gasteiger charge is 2.31. The van der Waals surface area contributed by atoms with Crippen molar-refractivity contribution in [2.75, 3.05) is 42.6 Å². The third-order valence-electron chi connectivity index (χ3n) is 5.88. The molecule has 1 aromatic heterocycles. The van der Waals surface area contributed by atoms with Crippen molar-refractivity contribution >= 4 is 35.2 Å². The summed E-state index contributed by atoms with van der Waals surface area (Å²) >= 11 is 5.81. The number of rotatable bonds is 9. The number of hydrogen-bond acceptors (Lipinski definition) is 9. The maximum Gasteiger partial charge on any atom is 0.416 e. The lowest BCUT2D eigenvalue weighted by atomic mass is 10.0. The average molecular weight is 579 g/mol. The topological polar surface area (TPSA) is 143 Å². The Morgan fingerprint density at radius 3 is 2.59 bits per heavy atom. The van der Waals surface area contributed by atoms with Crippen molar-refractivity contribution in [2.24, 2.45) is 11.1 Å². The quantitative estimate of drug-likeness (QED) is 0.125. The summed E-state index contributed by atoms with van der Waals surface area (Å²) in [4.78, 5) is 31.5. The third-order valence-corrected chi connectivity index (χ3v) is 6.10. The molecule has 1 saturated heterocycles. The smallest absolute Gasteiger partial charge is 0.381 e. The van der Waals surface area contributed by atoms with E-state index < -0.39 is 23.6 Å². The Kier molecular flexibility index (Phi) is 14.4. The Morgan fingerprint density at radius 1 is 1.31 bits per heavy atom. The van der Waals surface area contributed by atoms with Crippen molar-refractivity contribution < 1.29 is 22.4 Å². The van der Waals surface area contributed by atoms with Gasteiger partial charge in [0, 0.05) is 35.1 Å². The number of piperidine rings is 1. The van der Waals surface area contributed by atoms with E-state index in [0.717, 1.165) is 25.0 Å². The average Bonchev–Trinajstić information content (AvgIpc) is 2.90. The lowest BCUT2D eigenvalue weighted by molar-refractivity contribution is -0.137. The molecule has 0 radical (unpaired) electrons. The van der Waals surface area contributed by atoms with Gasteiger partial charge in [0.15, 0.2) is 11.6 Å². The number of hydrogen-bond donors (Lipinski definition) is 3. The molecule has 218 valence electrons. The lowest BCUT2D eigenvalue weighted by Gasteiger charge is -2.38. The van der Waals surface area contributed by atoms with E-state index in [0.29, 0.717) is 38.8 Å². The number of nitrogens with zero attached hydrogens (tertiary/aromatic N) is 5. The molecule has 1 fully saturated rings. The number of nitrogens with two attached hydrogens (primary N) is 2. The molecule has 0 bridgehead atoms. The van der Waals surface area contributed by atoms with Crippen molar-refractivity contribution in [3.05, 3.63) is 45.8 Å². The maximum atomic E-state index is 14.3. The van der Waals surface area contributed by atoms with Crippen LogP contribution >= 0.6 is 11.6 Å². The summed E-state index contributed by atoms with van der Waals surface area (Å²) in [5.41, 5.74) is 4.82. The first-order valence-electron chi connectivity index (χ1n) is 12.3. The van der Waals surface area contributed by atoms with Gasteiger partial charge in [0.25, 0.3) is 0 Å². The zero-order chi connectivity index (χ0) is 29.6. The number of nitrogen functional groups attached to an aromatic ring is 1. The summed E-state index contributed by atoms with van der Waals surface area (Å²) in [5, 5.41) is 4.51. The molecule has 15 heteroatoms. The van der Waals surface area contributed by atoms with E-state index in [1.165, 1.54) is 12.4 Å². The fourth-order valence-corrected chi connectivity index (χ4v) is 4.30. The Hall–Kier alpha value is -3.26. The molecule has 1 aromatic carbocycles. The minimum Gasteiger partial charge on any atom is -0.381 e. The van der Waals surface area contributed by atoms with Crippen molar-refractivity contribution in [3.63, 3.8) is 0 Å². The number of benzene rings is 1. The van der Waals surface area contributed by atoms with Gasteiger partial charge in [0.2, 0.25) is 5.82 Å². The number of halogens is 5. The zero-order valence-electron chi connectivity index (χ0n) is 22.1. The minimum absolute atomic E-state index is 0.0644. The molecule has 3 rings (SSSR count). The molecule has 0 amide bonds. The molecular formula is C24H35ClF4N8O2. The summed E-state index contributed by atoms with van der Waals surface area (Å²) in [7, 11) is 1.95. The van der Waals surface area contributed by atoms with Gasteiger partial charge in [-0.25, -0.2) is 9.97 Å². The Balaban J connectivity index is 0.00000142. The Labute approximate surface area is 230 Å². The molecule has 1 aliphatic heterocycles. The van der Waals surface area contributed by atoms with Crippen LogP contribution in [0.2, 0.25) is 5.02 Å². The normalized spacial score (nSPS) is 15.8. The van der Waals surface area contributed by atoms with Gasteiger partial charge >= 0.3 is 6.18 Å². The lowest BCUT2D eigenvalue weighted by Crippen LogP contribution is -2.47. The number of aromatic nitrogens is 2. The van der Waals surface area contributed by atoms with Crippen LogP contribution in [-0.4, -0.2) is 59.9 Å². The summed E-state index contributed by atoms with van der Waals surface area (Å²) in [5.74, 6) is 3.30. The Morgan fingerprint density at radius 2 is 1.97 bits per heavy atom. The highest BCUT2D eigenvalue weighted by molar-refractivity contribution is 6.31. The standard InChI is InChI=1S/C22H27ClF4N6O.C2H6.H2N2O/c1-32(18-5-3-7-33(11-18)21-19(24)20(28)29-13-30-21)6-2-4-16(12-34)31-17-9-14(22(25,26)27)8-15(23)10-17;1-2;1-2-3/h8-10,12-13,16,18,31H,2-7,11H2,1H3,(H2,28,29,30);1-2H3;(H2,1,3). The van der Waals surface area contributed by atoms with E-state index >= 15 is 0 Å². The highest BCUT2D eigenvalue weighted by Crippen LogP contribution is 2.33. The van der Waals surface area contributed by atoms with Crippen molar-refractivity contribution in [2.45, 2.75) is 57.8 Å². The molecule has 2 heterocycles. The van der Waals surface area contributed by atoms with Gasteiger partial charge in [0.05, 0.1) is 11.6 Å². The van der Waals surface area contributed by atoms with E-state index in [-0.39, 0.29) is 28.4 Å². The minimum atomic E-state index is -4.53. The number of likely N-dealkylation sites (N-methyl/N-ethyl adjacent to an activating group) is 1. The second-order valence-corrected chi connectivity index (χ2v) is 8.92. The molecule has 39 heavy (non-hydrogen) atoms. The van der Waals surface area contributed by atoms with E-state index in [1.807, 2.05) is 25.8 Å². The number of carbonyl (C=O) groups is 1. The van der Waals surface area contributed by atoms with Crippen molar-refractivity contribution in [1.82, 2.24) is 14.9 Å². The van der Waals surface area contributed by atoms with Gasteiger partial charge in [-0.2, -0.15) is 17.6 Å². The van der Waals surface area contributed by atoms with E-state index in [4.69, 9.17) is 22.2 Å². The fraction of sp³-hybridized carbons (Fsp3) is 0.542. The second kappa shape index (κ2) is 16.6. The number of alkyl halides is 3. The molecule has 10 nitrogen and oxygen atoms in total. The Bertz CT molecular complexity index is 1050. The van der Waals surface area contributed by atoms with E-state index in [1.54, 1.807) is 5.29 Å². The van der Waals surface area contributed by atoms with E-state index in [2.05, 4.69) is 26.0 Å². The van der Waals surface area contributed by atoms with E-state index in [9.17, 15) is 22.4 Å². The van der Waals surface area contributed by atoms with Crippen LogP contribution in [0.15, 0.2) is 29.8 Å². The number of nitrogens with one attached hydrogen (secondary N) is 1. The van der Waals surface area contributed by atoms with Crippen LogP contribution in [0.4, 0.5) is 34.9 Å². The molecule has 0 spiro atoms. The van der Waals surface area contributed by atoms with Crippen LogP contribution in [0.25, 0.3) is 0 Å². The summed E-state index contributed by atoms with van der Waals surface area (Å²) in [6.07, 6.45) is 0.222. The third kappa shape index (κ3) is 10.8. The predicted molar refractivity (Wildman–Crippen MR) is 145 cm³/mol. The molecule has 2 atom stereocenters. The van der Waals surface area contributed by atoms with Crippen LogP contribution in [0.3, 0.4) is 0 Å². The molecule has 0 aliphatic carbocycles. The van der Waals surface area contributed by atoms with Crippen LogP contribution in [0, 0.1) is 10.7 Å². The van der Waals surface area contributed by atoms with Gasteiger partial charge in [0.1, 0.15) is 12.6 Å². The molecule has 1 aliphatic rings. The number of carbonyl (C=O) groups excluding carboxylic acids is 1. The number of anilines is 3. The first-order chi connectivity index (χ1) is 18.5. The second-order valence-electron chi connectivity index (χ2n) is 8.48. The fourth-order valence-electron chi connectivity index (χ4n) is 4.07. The van der Waals surface area contributed by atoms with Crippen LogP contribution < -0.4 is 21.8 Å². The van der Waals surface area contributed by atoms with Gasteiger partial charge in [-0.05, 0) is 57.5 Å². The molecule has 0 saturated carbocycles. The summed E-state index contributed by atoms with van der Waals surface area (Å²) in [6, 6.07) is 2.62. The van der Waals surface area contributed by atoms with Gasteiger partial charge < -0.3 is 25.6 Å². The monoisotopic (exact) mass is 578 g/mol. The molecule has 2 unspecified atom stereocenters. The first kappa shape index (κ1) is 33.8. The maximum absolute atomic E-state index is 14.3.